The molecule has 3 rings (SSSR count). The number of aryl methyl sites for hydroxylation is 1. The van der Waals surface area contributed by atoms with Crippen molar-refractivity contribution >= 4 is 29.5 Å². The third-order valence-electron chi connectivity index (χ3n) is 4.66. The lowest BCUT2D eigenvalue weighted by atomic mass is 10.1. The van der Waals surface area contributed by atoms with Crippen LogP contribution in [0, 0.1) is 12.7 Å². The van der Waals surface area contributed by atoms with Crippen molar-refractivity contribution in [3.05, 3.63) is 51.7 Å². The number of amides is 2. The van der Waals surface area contributed by atoms with E-state index in [4.69, 9.17) is 4.74 Å². The van der Waals surface area contributed by atoms with Crippen LogP contribution >= 0.6 is 11.8 Å². The molecule has 31 heavy (non-hydrogen) atoms. The topological polar surface area (TPSA) is 116 Å². The van der Waals surface area contributed by atoms with E-state index in [-0.39, 0.29) is 24.2 Å². The first-order valence-electron chi connectivity index (χ1n) is 9.81. The molecule has 0 atom stereocenters. The minimum atomic E-state index is -0.466. The molecule has 0 aliphatic carbocycles. The van der Waals surface area contributed by atoms with E-state index < -0.39 is 17.6 Å². The van der Waals surface area contributed by atoms with Crippen LogP contribution < -0.4 is 21.3 Å². The number of H-pyrrole nitrogens is 1. The van der Waals surface area contributed by atoms with E-state index in [0.29, 0.717) is 48.4 Å². The van der Waals surface area contributed by atoms with Crippen molar-refractivity contribution < 1.29 is 18.7 Å². The predicted octanol–water partition coefficient (Wildman–Crippen LogP) is 0.926. The van der Waals surface area contributed by atoms with Crippen molar-refractivity contribution in [2.75, 3.05) is 37.0 Å². The average Bonchev–Trinajstić information content (AvgIpc) is 2.77. The van der Waals surface area contributed by atoms with Crippen LogP contribution in [-0.2, 0) is 20.7 Å². The van der Waals surface area contributed by atoms with E-state index in [2.05, 4.69) is 20.8 Å². The zero-order valence-corrected chi connectivity index (χ0v) is 17.9. The Kier molecular flexibility index (Phi) is 8.01. The van der Waals surface area contributed by atoms with Crippen LogP contribution in [-0.4, -0.2) is 53.8 Å². The molecule has 2 amide bonds. The Balaban J connectivity index is 1.45. The standard InChI is InChI=1S/C20H24FN5O4S/c1-13-14(19(29)23-20(22-13)26-8-10-30-11-9-26)6-7-17(27)24-25-18(28)12-31-16-5-3-2-4-15(16)21/h2-5H,6-12H2,1H3,(H,24,27)(H,25,28)(H,22,23,29). The summed E-state index contributed by atoms with van der Waals surface area (Å²) in [7, 11) is 0. The molecule has 0 radical (unpaired) electrons. The predicted molar refractivity (Wildman–Crippen MR) is 114 cm³/mol. The molecular weight excluding hydrogens is 425 g/mol. The highest BCUT2D eigenvalue weighted by Gasteiger charge is 2.17. The van der Waals surface area contributed by atoms with Crippen molar-refractivity contribution in [2.24, 2.45) is 0 Å². The monoisotopic (exact) mass is 449 g/mol. The van der Waals surface area contributed by atoms with E-state index in [1.54, 1.807) is 25.1 Å². The molecule has 1 saturated heterocycles. The lowest BCUT2D eigenvalue weighted by Gasteiger charge is -2.27. The number of hydrazine groups is 1. The number of morpholine rings is 1. The van der Waals surface area contributed by atoms with E-state index in [1.807, 2.05) is 4.90 Å². The summed E-state index contributed by atoms with van der Waals surface area (Å²) < 4.78 is 18.8. The van der Waals surface area contributed by atoms with Gasteiger partial charge in [0, 0.05) is 35.7 Å². The van der Waals surface area contributed by atoms with Gasteiger partial charge in [-0.25, -0.2) is 9.37 Å². The Morgan fingerprint density at radius 2 is 1.94 bits per heavy atom. The summed E-state index contributed by atoms with van der Waals surface area (Å²) >= 11 is 1.03. The molecule has 166 valence electrons. The zero-order valence-electron chi connectivity index (χ0n) is 17.1. The Morgan fingerprint density at radius 3 is 2.65 bits per heavy atom. The first kappa shape index (κ1) is 22.8. The SMILES string of the molecule is Cc1nc(N2CCOCC2)[nH]c(=O)c1CCC(=O)NNC(=O)CSc1ccccc1F. The van der Waals surface area contributed by atoms with Crippen molar-refractivity contribution in [3.63, 3.8) is 0 Å². The van der Waals surface area contributed by atoms with E-state index in [9.17, 15) is 18.8 Å². The molecule has 0 spiro atoms. The van der Waals surface area contributed by atoms with Crippen molar-refractivity contribution in [1.29, 1.82) is 0 Å². The molecule has 1 aromatic carbocycles. The second-order valence-electron chi connectivity index (χ2n) is 6.87. The molecule has 0 unspecified atom stereocenters. The summed E-state index contributed by atoms with van der Waals surface area (Å²) in [5, 5.41) is 0. The summed E-state index contributed by atoms with van der Waals surface area (Å²) in [5.74, 6) is -0.864. The van der Waals surface area contributed by atoms with Gasteiger partial charge in [0.25, 0.3) is 5.56 Å². The quantitative estimate of drug-likeness (QED) is 0.425. The van der Waals surface area contributed by atoms with Crippen LogP contribution in [0.4, 0.5) is 10.3 Å². The third kappa shape index (κ3) is 6.53. The molecule has 0 saturated carbocycles. The normalized spacial score (nSPS) is 13.7. The minimum Gasteiger partial charge on any atom is -0.378 e. The number of carbonyl (C=O) groups is 2. The number of nitrogens with one attached hydrogen (secondary N) is 3. The van der Waals surface area contributed by atoms with Crippen molar-refractivity contribution in [3.8, 4) is 0 Å². The van der Waals surface area contributed by atoms with Gasteiger partial charge in [0.2, 0.25) is 17.8 Å². The maximum atomic E-state index is 13.5. The van der Waals surface area contributed by atoms with Gasteiger partial charge in [0.15, 0.2) is 0 Å². The molecule has 2 aromatic rings. The number of anilines is 1. The van der Waals surface area contributed by atoms with Crippen LogP contribution in [0.2, 0.25) is 0 Å². The summed E-state index contributed by atoms with van der Waals surface area (Å²) in [6.45, 7) is 4.19. The molecule has 9 nitrogen and oxygen atoms in total. The molecule has 0 bridgehead atoms. The highest BCUT2D eigenvalue weighted by atomic mass is 32.2. The molecule has 1 aliphatic rings. The largest absolute Gasteiger partial charge is 0.378 e. The number of aromatic amines is 1. The summed E-state index contributed by atoms with van der Waals surface area (Å²) in [6, 6.07) is 6.13. The molecule has 1 aromatic heterocycles. The first-order valence-corrected chi connectivity index (χ1v) is 10.8. The number of benzene rings is 1. The lowest BCUT2D eigenvalue weighted by Crippen LogP contribution is -2.42. The number of hydrogen-bond acceptors (Lipinski definition) is 7. The fourth-order valence-corrected chi connectivity index (χ4v) is 3.74. The maximum Gasteiger partial charge on any atom is 0.255 e. The Labute approximate surface area is 182 Å². The highest BCUT2D eigenvalue weighted by molar-refractivity contribution is 8.00. The molecule has 1 fully saturated rings. The minimum absolute atomic E-state index is 0.00321. The van der Waals surface area contributed by atoms with Gasteiger partial charge in [-0.3, -0.25) is 30.2 Å². The molecule has 3 N–H and O–H groups in total. The number of ether oxygens (including phenoxy) is 1. The first-order chi connectivity index (χ1) is 14.9. The van der Waals surface area contributed by atoms with Gasteiger partial charge in [-0.2, -0.15) is 0 Å². The lowest BCUT2D eigenvalue weighted by molar-refractivity contribution is -0.127. The second-order valence-corrected chi connectivity index (χ2v) is 7.89. The van der Waals surface area contributed by atoms with Gasteiger partial charge in [-0.15, -0.1) is 11.8 Å². The van der Waals surface area contributed by atoms with Crippen LogP contribution in [0.5, 0.6) is 0 Å². The van der Waals surface area contributed by atoms with Crippen LogP contribution in [0.25, 0.3) is 0 Å². The molecular formula is C20H24FN5O4S. The number of aromatic nitrogens is 2. The number of nitrogens with zero attached hydrogens (tertiary/aromatic N) is 2. The smallest absolute Gasteiger partial charge is 0.255 e. The number of rotatable bonds is 7. The number of carbonyl (C=O) groups excluding carboxylic acids is 2. The van der Waals surface area contributed by atoms with Crippen LogP contribution in [0.1, 0.15) is 17.7 Å². The second kappa shape index (κ2) is 10.9. The molecule has 1 aliphatic heterocycles. The zero-order chi connectivity index (χ0) is 22.2. The Hall–Kier alpha value is -2.92. The van der Waals surface area contributed by atoms with E-state index >= 15 is 0 Å². The van der Waals surface area contributed by atoms with Crippen molar-refractivity contribution in [2.45, 2.75) is 24.7 Å². The number of thioether (sulfide) groups is 1. The summed E-state index contributed by atoms with van der Waals surface area (Å²) in [5.41, 5.74) is 5.29. The summed E-state index contributed by atoms with van der Waals surface area (Å²) in [6.07, 6.45) is 0.187. The maximum absolute atomic E-state index is 13.5. The van der Waals surface area contributed by atoms with Gasteiger partial charge in [0.1, 0.15) is 5.82 Å². The Bertz CT molecular complexity index is 994. The average molecular weight is 450 g/mol. The van der Waals surface area contributed by atoms with Gasteiger partial charge in [0.05, 0.1) is 19.0 Å². The Morgan fingerprint density at radius 1 is 1.23 bits per heavy atom. The van der Waals surface area contributed by atoms with Gasteiger partial charge in [-0.05, 0) is 25.5 Å². The van der Waals surface area contributed by atoms with E-state index in [1.165, 1.54) is 6.07 Å². The number of halogens is 1. The van der Waals surface area contributed by atoms with Gasteiger partial charge < -0.3 is 9.64 Å². The van der Waals surface area contributed by atoms with Crippen LogP contribution in [0.15, 0.2) is 34.0 Å². The summed E-state index contributed by atoms with van der Waals surface area (Å²) in [4.78, 5) is 45.9. The fourth-order valence-electron chi connectivity index (χ4n) is 3.00. The molecule has 2 heterocycles. The highest BCUT2D eigenvalue weighted by Crippen LogP contribution is 2.20. The van der Waals surface area contributed by atoms with E-state index in [0.717, 1.165) is 11.8 Å². The molecule has 11 heteroatoms. The fraction of sp³-hybridized carbons (Fsp3) is 0.400. The van der Waals surface area contributed by atoms with Gasteiger partial charge in [-0.1, -0.05) is 12.1 Å². The van der Waals surface area contributed by atoms with Gasteiger partial charge >= 0.3 is 0 Å². The van der Waals surface area contributed by atoms with Crippen LogP contribution in [0.3, 0.4) is 0 Å². The number of hydrogen-bond donors (Lipinski definition) is 3. The third-order valence-corrected chi connectivity index (χ3v) is 5.71. The van der Waals surface area contributed by atoms with Crippen molar-refractivity contribution in [1.82, 2.24) is 20.8 Å².